The van der Waals surface area contributed by atoms with Crippen molar-refractivity contribution < 1.29 is 4.79 Å². The van der Waals surface area contributed by atoms with Crippen molar-refractivity contribution in [3.8, 4) is 0 Å². The van der Waals surface area contributed by atoms with Crippen LogP contribution in [0.5, 0.6) is 0 Å². The number of hydrogen-bond acceptors (Lipinski definition) is 2. The normalized spacial score (nSPS) is 17.3. The Morgan fingerprint density at radius 1 is 0.857 bits per heavy atom. The highest BCUT2D eigenvalue weighted by molar-refractivity contribution is 5.99. The van der Waals surface area contributed by atoms with Gasteiger partial charge in [-0.3, -0.25) is 4.79 Å². The van der Waals surface area contributed by atoms with E-state index in [-0.39, 0.29) is 0 Å². The number of para-hydroxylation sites is 1. The van der Waals surface area contributed by atoms with Crippen LogP contribution in [0.2, 0.25) is 0 Å². The molecule has 2 heteroatoms. The number of ketones is 1. The van der Waals surface area contributed by atoms with E-state index in [0.29, 0.717) is 12.2 Å². The lowest BCUT2D eigenvalue weighted by atomic mass is 9.90. The van der Waals surface area contributed by atoms with Gasteiger partial charge in [-0.05, 0) is 61.1 Å². The molecule has 4 rings (SSSR count). The molecule has 0 atom stereocenters. The minimum Gasteiger partial charge on any atom is -0.341 e. The monoisotopic (exact) mass is 277 g/mol. The van der Waals surface area contributed by atoms with Crippen LogP contribution in [0.3, 0.4) is 0 Å². The number of carbonyl (C=O) groups excluding carboxylic acids is 1. The second kappa shape index (κ2) is 5.03. The zero-order valence-electron chi connectivity index (χ0n) is 12.1. The van der Waals surface area contributed by atoms with E-state index < -0.39 is 0 Å². The summed E-state index contributed by atoms with van der Waals surface area (Å²) in [4.78, 5) is 14.4. The first-order chi connectivity index (χ1) is 10.3. The van der Waals surface area contributed by atoms with E-state index in [0.717, 1.165) is 31.4 Å². The van der Waals surface area contributed by atoms with Crippen LogP contribution in [-0.4, -0.2) is 12.3 Å². The van der Waals surface area contributed by atoms with Gasteiger partial charge in [-0.1, -0.05) is 18.2 Å². The van der Waals surface area contributed by atoms with Gasteiger partial charge >= 0.3 is 0 Å². The highest BCUT2D eigenvalue weighted by atomic mass is 16.1. The molecule has 106 valence electrons. The first-order valence-electron chi connectivity index (χ1n) is 7.84. The van der Waals surface area contributed by atoms with Crippen molar-refractivity contribution in [1.29, 1.82) is 0 Å². The van der Waals surface area contributed by atoms with Crippen molar-refractivity contribution in [1.82, 2.24) is 0 Å². The zero-order chi connectivity index (χ0) is 14.2. The number of benzene rings is 2. The number of carbonyl (C=O) groups is 1. The first-order valence-corrected chi connectivity index (χ1v) is 7.84. The lowest BCUT2D eigenvalue weighted by Crippen LogP contribution is -2.25. The summed E-state index contributed by atoms with van der Waals surface area (Å²) in [5, 5.41) is 0. The minimum atomic E-state index is 0.307. The van der Waals surface area contributed by atoms with Gasteiger partial charge < -0.3 is 4.90 Å². The number of aryl methyl sites for hydroxylation is 2. The second-order valence-electron chi connectivity index (χ2n) is 6.00. The maximum Gasteiger partial charge on any atom is 0.163 e. The number of rotatable bonds is 1. The SMILES string of the molecule is O=C1CCCc2cc(N3CCCc4ccccc43)ccc21. The average molecular weight is 277 g/mol. The molecule has 2 aromatic rings. The van der Waals surface area contributed by atoms with Gasteiger partial charge in [0.1, 0.15) is 0 Å². The molecule has 2 nitrogen and oxygen atoms in total. The fourth-order valence-corrected chi connectivity index (χ4v) is 3.60. The number of nitrogens with zero attached hydrogens (tertiary/aromatic N) is 1. The van der Waals surface area contributed by atoms with Crippen molar-refractivity contribution >= 4 is 17.2 Å². The number of hydrogen-bond donors (Lipinski definition) is 0. The van der Waals surface area contributed by atoms with Crippen LogP contribution in [0, 0.1) is 0 Å². The van der Waals surface area contributed by atoms with Crippen LogP contribution in [-0.2, 0) is 12.8 Å². The third kappa shape index (κ3) is 2.15. The van der Waals surface area contributed by atoms with Crippen molar-refractivity contribution in [2.75, 3.05) is 11.4 Å². The molecule has 1 aliphatic heterocycles. The third-order valence-electron chi connectivity index (χ3n) is 4.66. The molecule has 0 fully saturated rings. The molecule has 1 aliphatic carbocycles. The summed E-state index contributed by atoms with van der Waals surface area (Å²) in [6, 6.07) is 15.0. The molecular formula is C19H19NO. The van der Waals surface area contributed by atoms with Crippen LogP contribution in [0.4, 0.5) is 11.4 Å². The summed E-state index contributed by atoms with van der Waals surface area (Å²) in [6.07, 6.45) is 5.08. The fraction of sp³-hybridized carbons (Fsp3) is 0.316. The molecule has 0 bridgehead atoms. The number of Topliss-reactive ketones (excluding diaryl/α,β-unsaturated/α-hetero) is 1. The molecule has 0 spiro atoms. The van der Waals surface area contributed by atoms with Gasteiger partial charge in [-0.2, -0.15) is 0 Å². The molecule has 0 aromatic heterocycles. The van der Waals surface area contributed by atoms with Crippen LogP contribution in [0.15, 0.2) is 42.5 Å². The highest BCUT2D eigenvalue weighted by Crippen LogP contribution is 2.35. The Hall–Kier alpha value is -2.09. The fourth-order valence-electron chi connectivity index (χ4n) is 3.60. The van der Waals surface area contributed by atoms with Gasteiger partial charge in [0.15, 0.2) is 5.78 Å². The van der Waals surface area contributed by atoms with E-state index in [4.69, 9.17) is 0 Å². The van der Waals surface area contributed by atoms with Gasteiger partial charge in [0.2, 0.25) is 0 Å². The Morgan fingerprint density at radius 2 is 1.71 bits per heavy atom. The quantitative estimate of drug-likeness (QED) is 0.775. The van der Waals surface area contributed by atoms with Crippen LogP contribution < -0.4 is 4.90 Å². The summed E-state index contributed by atoms with van der Waals surface area (Å²) in [7, 11) is 0. The lowest BCUT2D eigenvalue weighted by Gasteiger charge is -2.32. The van der Waals surface area contributed by atoms with Gasteiger partial charge in [-0.15, -0.1) is 0 Å². The maximum atomic E-state index is 12.0. The Labute approximate surface area is 125 Å². The molecule has 2 aliphatic rings. The topological polar surface area (TPSA) is 20.3 Å². The third-order valence-corrected chi connectivity index (χ3v) is 4.66. The van der Waals surface area contributed by atoms with Crippen LogP contribution in [0.25, 0.3) is 0 Å². The molecule has 21 heavy (non-hydrogen) atoms. The standard InChI is InChI=1S/C19H19NO/c21-19-9-3-6-15-13-16(10-11-17(15)19)20-12-4-7-14-5-1-2-8-18(14)20/h1-2,5,8,10-11,13H,3-4,6-7,9,12H2. The molecule has 1 heterocycles. The van der Waals surface area contributed by atoms with Gasteiger partial charge in [0.25, 0.3) is 0 Å². The Morgan fingerprint density at radius 3 is 2.67 bits per heavy atom. The predicted molar refractivity (Wildman–Crippen MR) is 85.5 cm³/mol. The smallest absolute Gasteiger partial charge is 0.163 e. The summed E-state index contributed by atoms with van der Waals surface area (Å²) >= 11 is 0. The van der Waals surface area contributed by atoms with Gasteiger partial charge in [-0.25, -0.2) is 0 Å². The number of fused-ring (bicyclic) bond motifs is 2. The molecular weight excluding hydrogens is 258 g/mol. The molecule has 0 saturated heterocycles. The van der Waals surface area contributed by atoms with Gasteiger partial charge in [0, 0.05) is 29.9 Å². The lowest BCUT2D eigenvalue weighted by molar-refractivity contribution is 0.0972. The summed E-state index contributed by atoms with van der Waals surface area (Å²) in [5.74, 6) is 0.307. The van der Waals surface area contributed by atoms with Gasteiger partial charge in [0.05, 0.1) is 0 Å². The Bertz CT molecular complexity index is 704. The molecule has 0 amide bonds. The van der Waals surface area contributed by atoms with E-state index in [1.807, 2.05) is 6.07 Å². The average Bonchev–Trinajstić information content (AvgIpc) is 2.54. The number of anilines is 2. The predicted octanol–water partition coefficient (Wildman–Crippen LogP) is 4.29. The van der Waals surface area contributed by atoms with Crippen molar-refractivity contribution in [2.45, 2.75) is 32.1 Å². The van der Waals surface area contributed by atoms with E-state index >= 15 is 0 Å². The molecule has 0 N–H and O–H groups in total. The molecule has 2 aromatic carbocycles. The largest absolute Gasteiger partial charge is 0.341 e. The van der Waals surface area contributed by atoms with E-state index in [2.05, 4.69) is 41.3 Å². The summed E-state index contributed by atoms with van der Waals surface area (Å²) in [6.45, 7) is 1.06. The highest BCUT2D eigenvalue weighted by Gasteiger charge is 2.21. The van der Waals surface area contributed by atoms with E-state index in [9.17, 15) is 4.79 Å². The maximum absolute atomic E-state index is 12.0. The first kappa shape index (κ1) is 12.6. The molecule has 0 radical (unpaired) electrons. The van der Waals surface area contributed by atoms with Crippen LogP contribution >= 0.6 is 0 Å². The van der Waals surface area contributed by atoms with Crippen molar-refractivity contribution in [3.63, 3.8) is 0 Å². The van der Waals surface area contributed by atoms with Crippen LogP contribution in [0.1, 0.15) is 40.7 Å². The van der Waals surface area contributed by atoms with Crippen molar-refractivity contribution in [2.24, 2.45) is 0 Å². The Balaban J connectivity index is 1.77. The Kier molecular flexibility index (Phi) is 3.03. The summed E-state index contributed by atoms with van der Waals surface area (Å²) < 4.78 is 0. The second-order valence-corrected chi connectivity index (χ2v) is 6.00. The summed E-state index contributed by atoms with van der Waals surface area (Å²) in [5.41, 5.74) is 6.15. The van der Waals surface area contributed by atoms with E-state index in [1.165, 1.54) is 28.9 Å². The molecule has 0 saturated carbocycles. The zero-order valence-corrected chi connectivity index (χ0v) is 12.1. The molecule has 0 unspecified atom stereocenters. The minimum absolute atomic E-state index is 0.307. The van der Waals surface area contributed by atoms with Crippen molar-refractivity contribution in [3.05, 3.63) is 59.2 Å². The van der Waals surface area contributed by atoms with E-state index in [1.54, 1.807) is 0 Å².